The number of hydrogen-bond acceptors (Lipinski definition) is 3. The van der Waals surface area contributed by atoms with Gasteiger partial charge in [0.05, 0.1) is 7.11 Å². The number of benzene rings is 1. The Kier molecular flexibility index (Phi) is 3.19. The maximum atomic E-state index is 5.12. The SMILES string of the molecule is COc1ccc(C(C)=[N+]2CCC([S-])=N2)cc1. The molecule has 0 atom stereocenters. The molecule has 0 bridgehead atoms. The van der Waals surface area contributed by atoms with Gasteiger partial charge in [-0.15, -0.1) is 0 Å². The third-order valence-electron chi connectivity index (χ3n) is 2.66. The van der Waals surface area contributed by atoms with E-state index < -0.39 is 0 Å². The van der Waals surface area contributed by atoms with Crippen molar-refractivity contribution < 1.29 is 9.42 Å². The molecule has 16 heavy (non-hydrogen) atoms. The molecule has 1 aromatic rings. The average Bonchev–Trinajstić information content (AvgIpc) is 2.75. The van der Waals surface area contributed by atoms with Crippen molar-refractivity contribution in [2.45, 2.75) is 13.3 Å². The van der Waals surface area contributed by atoms with E-state index in [0.29, 0.717) is 0 Å². The summed E-state index contributed by atoms with van der Waals surface area (Å²) in [7, 11) is 1.67. The third kappa shape index (κ3) is 2.22. The predicted octanol–water partition coefficient (Wildman–Crippen LogP) is 1.78. The second kappa shape index (κ2) is 4.61. The second-order valence-corrected chi connectivity index (χ2v) is 4.15. The first-order chi connectivity index (χ1) is 7.70. The summed E-state index contributed by atoms with van der Waals surface area (Å²) in [5, 5.41) is 5.09. The fourth-order valence-corrected chi connectivity index (χ4v) is 1.85. The van der Waals surface area contributed by atoms with E-state index in [-0.39, 0.29) is 0 Å². The highest BCUT2D eigenvalue weighted by molar-refractivity contribution is 7.77. The van der Waals surface area contributed by atoms with Crippen molar-refractivity contribution in [2.75, 3.05) is 13.7 Å². The summed E-state index contributed by atoms with van der Waals surface area (Å²) in [6.45, 7) is 2.94. The van der Waals surface area contributed by atoms with Gasteiger partial charge in [-0.25, -0.2) is 0 Å². The number of hydrazone groups is 1. The van der Waals surface area contributed by atoms with Gasteiger partial charge in [0, 0.05) is 18.9 Å². The van der Waals surface area contributed by atoms with E-state index >= 15 is 0 Å². The zero-order valence-corrected chi connectivity index (χ0v) is 10.3. The summed E-state index contributed by atoms with van der Waals surface area (Å²) < 4.78 is 7.09. The minimum absolute atomic E-state index is 0.785. The van der Waals surface area contributed by atoms with Gasteiger partial charge in [0.25, 0.3) is 0 Å². The summed E-state index contributed by atoms with van der Waals surface area (Å²) in [5.74, 6) is 0.866. The van der Waals surface area contributed by atoms with E-state index in [4.69, 9.17) is 17.4 Å². The summed E-state index contributed by atoms with van der Waals surface area (Å²) >= 11 is 5.06. The number of nitrogens with zero attached hydrogens (tertiary/aromatic N) is 2. The van der Waals surface area contributed by atoms with E-state index in [9.17, 15) is 0 Å². The Morgan fingerprint density at radius 1 is 1.38 bits per heavy atom. The predicted molar refractivity (Wildman–Crippen MR) is 67.3 cm³/mol. The van der Waals surface area contributed by atoms with Crippen LogP contribution in [0.25, 0.3) is 0 Å². The topological polar surface area (TPSA) is 24.6 Å². The molecule has 1 aliphatic rings. The van der Waals surface area contributed by atoms with Crippen molar-refractivity contribution in [3.63, 3.8) is 0 Å². The Hall–Kier alpha value is -1.42. The highest BCUT2D eigenvalue weighted by Crippen LogP contribution is 2.13. The molecular weight excluding hydrogens is 220 g/mol. The van der Waals surface area contributed by atoms with Crippen molar-refractivity contribution in [3.05, 3.63) is 29.8 Å². The van der Waals surface area contributed by atoms with E-state index in [1.54, 1.807) is 7.11 Å². The molecule has 0 spiro atoms. The average molecular weight is 234 g/mol. The third-order valence-corrected chi connectivity index (χ3v) is 2.95. The van der Waals surface area contributed by atoms with Crippen LogP contribution < -0.4 is 4.74 Å². The zero-order valence-electron chi connectivity index (χ0n) is 9.43. The van der Waals surface area contributed by atoms with Gasteiger partial charge in [-0.05, 0) is 34.4 Å². The number of rotatable bonds is 2. The van der Waals surface area contributed by atoms with Crippen LogP contribution in [0, 0.1) is 0 Å². The lowest BCUT2D eigenvalue weighted by Crippen LogP contribution is -2.12. The molecule has 4 heteroatoms. The standard InChI is InChI=1S/C12H14N2OS/c1-9(14-8-7-12(16)13-14)10-3-5-11(15-2)6-4-10/h3-6H,7-8H2,1-2H3. The molecule has 2 rings (SSSR count). The van der Waals surface area contributed by atoms with Crippen molar-refractivity contribution in [2.24, 2.45) is 5.10 Å². The van der Waals surface area contributed by atoms with Crippen molar-refractivity contribution >= 4 is 23.4 Å². The molecule has 84 valence electrons. The molecule has 1 aromatic carbocycles. The largest absolute Gasteiger partial charge is 0.759 e. The molecule has 0 N–H and O–H groups in total. The van der Waals surface area contributed by atoms with E-state index in [0.717, 1.165) is 35.0 Å². The Morgan fingerprint density at radius 2 is 2.06 bits per heavy atom. The van der Waals surface area contributed by atoms with Crippen LogP contribution in [-0.4, -0.2) is 29.1 Å². The van der Waals surface area contributed by atoms with Crippen molar-refractivity contribution in [1.29, 1.82) is 0 Å². The maximum Gasteiger partial charge on any atom is 0.212 e. The highest BCUT2D eigenvalue weighted by Gasteiger charge is 2.16. The van der Waals surface area contributed by atoms with E-state index in [2.05, 4.69) is 12.0 Å². The molecule has 0 aliphatic carbocycles. The van der Waals surface area contributed by atoms with Gasteiger partial charge in [0.1, 0.15) is 5.75 Å². The van der Waals surface area contributed by atoms with Gasteiger partial charge < -0.3 is 17.4 Å². The van der Waals surface area contributed by atoms with Gasteiger partial charge in [-0.1, -0.05) is 4.68 Å². The summed E-state index contributed by atoms with van der Waals surface area (Å²) in [4.78, 5) is 0. The molecule has 0 aromatic heterocycles. The lowest BCUT2D eigenvalue weighted by Gasteiger charge is -2.01. The van der Waals surface area contributed by atoms with E-state index in [1.165, 1.54) is 0 Å². The van der Waals surface area contributed by atoms with Crippen molar-refractivity contribution in [1.82, 2.24) is 0 Å². The molecule has 3 nitrogen and oxygen atoms in total. The smallest absolute Gasteiger partial charge is 0.212 e. The summed E-state index contributed by atoms with van der Waals surface area (Å²) in [5.41, 5.74) is 2.27. The van der Waals surface area contributed by atoms with E-state index in [1.807, 2.05) is 28.9 Å². The fourth-order valence-electron chi connectivity index (χ4n) is 1.66. The van der Waals surface area contributed by atoms with Gasteiger partial charge in [0.2, 0.25) is 5.71 Å². The first-order valence-corrected chi connectivity index (χ1v) is 5.61. The monoisotopic (exact) mass is 234 g/mol. The van der Waals surface area contributed by atoms with Crippen molar-refractivity contribution in [3.8, 4) is 5.75 Å². The Balaban J connectivity index is 2.30. The maximum absolute atomic E-state index is 5.12. The molecule has 0 saturated carbocycles. The fraction of sp³-hybridized carbons (Fsp3) is 0.333. The number of hydrogen-bond donors (Lipinski definition) is 0. The van der Waals surface area contributed by atoms with Gasteiger partial charge in [-0.3, -0.25) is 0 Å². The number of methoxy groups -OCH3 is 1. The first kappa shape index (κ1) is 11.1. The van der Waals surface area contributed by atoms with Crippen LogP contribution in [0.5, 0.6) is 5.75 Å². The minimum atomic E-state index is 0.785. The zero-order chi connectivity index (χ0) is 11.5. The Bertz CT molecular complexity index is 449. The van der Waals surface area contributed by atoms with Gasteiger partial charge in [-0.2, -0.15) is 0 Å². The van der Waals surface area contributed by atoms with Crippen LogP contribution in [0.4, 0.5) is 0 Å². The lowest BCUT2D eigenvalue weighted by atomic mass is 10.1. The number of ether oxygens (including phenoxy) is 1. The van der Waals surface area contributed by atoms with Crippen LogP contribution in [0.2, 0.25) is 0 Å². The van der Waals surface area contributed by atoms with Crippen LogP contribution in [0.15, 0.2) is 29.4 Å². The molecule has 0 radical (unpaired) electrons. The van der Waals surface area contributed by atoms with Crippen LogP contribution >= 0.6 is 0 Å². The quantitative estimate of drug-likeness (QED) is 0.575. The van der Waals surface area contributed by atoms with Crippen LogP contribution in [0.3, 0.4) is 0 Å². The van der Waals surface area contributed by atoms with Gasteiger partial charge in [0.15, 0.2) is 6.54 Å². The molecule has 1 heterocycles. The minimum Gasteiger partial charge on any atom is -0.759 e. The normalized spacial score (nSPS) is 18.2. The summed E-state index contributed by atoms with van der Waals surface area (Å²) in [6.07, 6.45) is 0.878. The van der Waals surface area contributed by atoms with Crippen LogP contribution in [0.1, 0.15) is 18.9 Å². The molecule has 0 fully saturated rings. The molecular formula is C12H14N2OS. The van der Waals surface area contributed by atoms with Gasteiger partial charge >= 0.3 is 0 Å². The molecule has 0 saturated heterocycles. The highest BCUT2D eigenvalue weighted by atomic mass is 32.1. The molecule has 0 unspecified atom stereocenters. The lowest BCUT2D eigenvalue weighted by molar-refractivity contribution is -0.522. The Morgan fingerprint density at radius 3 is 2.56 bits per heavy atom. The Labute approximate surface area is 101 Å². The molecule has 1 aliphatic heterocycles. The first-order valence-electron chi connectivity index (χ1n) is 5.20. The molecule has 0 amide bonds. The van der Waals surface area contributed by atoms with Crippen LogP contribution in [-0.2, 0) is 12.6 Å². The summed E-state index contributed by atoms with van der Waals surface area (Å²) in [6, 6.07) is 7.97. The second-order valence-electron chi connectivity index (χ2n) is 3.68.